The third kappa shape index (κ3) is 2.91. The van der Waals surface area contributed by atoms with Crippen LogP contribution in [0.2, 0.25) is 0 Å². The van der Waals surface area contributed by atoms with Crippen LogP contribution in [0.5, 0.6) is 5.75 Å². The number of amides is 2. The molecule has 1 heterocycles. The zero-order valence-electron chi connectivity index (χ0n) is 14.1. The van der Waals surface area contributed by atoms with Crippen LogP contribution in [-0.2, 0) is 22.4 Å². The van der Waals surface area contributed by atoms with Crippen LogP contribution >= 0.6 is 0 Å². The highest BCUT2D eigenvalue weighted by Crippen LogP contribution is 2.27. The van der Waals surface area contributed by atoms with Crippen molar-refractivity contribution in [1.82, 2.24) is 5.32 Å². The molecule has 5 heteroatoms. The predicted octanol–water partition coefficient (Wildman–Crippen LogP) is 2.08. The molecule has 0 spiro atoms. The average Bonchev–Trinajstić information content (AvgIpc) is 3.15. The molecule has 1 N–H and O–H groups in total. The third-order valence-corrected chi connectivity index (χ3v) is 4.97. The molecule has 2 aromatic carbocycles. The molecule has 0 bridgehead atoms. The van der Waals surface area contributed by atoms with Gasteiger partial charge in [0, 0.05) is 6.04 Å². The number of carbonyl (C=O) groups is 2. The lowest BCUT2D eigenvalue weighted by molar-refractivity contribution is -0.121. The molecule has 1 fully saturated rings. The summed E-state index contributed by atoms with van der Waals surface area (Å²) in [7, 11) is 1.58. The standard InChI is InChI=1S/C20H20N2O3/c1-25-17-8-6-16(7-9-17)22-19(23)12-18(20(22)24)21-15-10-13-4-2-3-5-14(13)11-15/h2-9,15,18,21H,10-12H2,1H3. The summed E-state index contributed by atoms with van der Waals surface area (Å²) in [4.78, 5) is 26.4. The van der Waals surface area contributed by atoms with Crippen molar-refractivity contribution in [3.8, 4) is 5.75 Å². The first-order valence-corrected chi connectivity index (χ1v) is 8.49. The van der Waals surface area contributed by atoms with E-state index in [-0.39, 0.29) is 24.3 Å². The van der Waals surface area contributed by atoms with Crippen LogP contribution in [0.15, 0.2) is 48.5 Å². The maximum Gasteiger partial charge on any atom is 0.251 e. The lowest BCUT2D eigenvalue weighted by atomic mass is 10.1. The van der Waals surface area contributed by atoms with Crippen LogP contribution in [-0.4, -0.2) is 31.0 Å². The number of rotatable bonds is 4. The first-order valence-electron chi connectivity index (χ1n) is 8.49. The third-order valence-electron chi connectivity index (χ3n) is 4.97. The van der Waals surface area contributed by atoms with Crippen molar-refractivity contribution >= 4 is 17.5 Å². The van der Waals surface area contributed by atoms with E-state index in [2.05, 4.69) is 17.4 Å². The van der Waals surface area contributed by atoms with Crippen LogP contribution in [0.3, 0.4) is 0 Å². The quantitative estimate of drug-likeness (QED) is 0.869. The Morgan fingerprint density at radius 3 is 2.20 bits per heavy atom. The number of benzene rings is 2. The molecule has 0 aromatic heterocycles. The van der Waals surface area contributed by atoms with Gasteiger partial charge in [0.2, 0.25) is 5.91 Å². The SMILES string of the molecule is COc1ccc(N2C(=O)CC(NC3Cc4ccccc4C3)C2=O)cc1. The number of methoxy groups -OCH3 is 1. The molecule has 1 atom stereocenters. The van der Waals surface area contributed by atoms with Gasteiger partial charge in [0.25, 0.3) is 5.91 Å². The van der Waals surface area contributed by atoms with Gasteiger partial charge in [-0.05, 0) is 48.2 Å². The molecule has 0 saturated carbocycles. The zero-order valence-corrected chi connectivity index (χ0v) is 14.1. The molecule has 1 unspecified atom stereocenters. The van der Waals surface area contributed by atoms with Crippen molar-refractivity contribution < 1.29 is 14.3 Å². The Labute approximate surface area is 146 Å². The van der Waals surface area contributed by atoms with Gasteiger partial charge >= 0.3 is 0 Å². The topological polar surface area (TPSA) is 58.6 Å². The molecule has 1 aliphatic heterocycles. The highest BCUT2D eigenvalue weighted by Gasteiger charge is 2.40. The summed E-state index contributed by atoms with van der Waals surface area (Å²) >= 11 is 0. The second kappa shape index (κ2) is 6.33. The maximum atomic E-state index is 12.7. The number of anilines is 1. The van der Waals surface area contributed by atoms with E-state index < -0.39 is 6.04 Å². The van der Waals surface area contributed by atoms with E-state index in [1.54, 1.807) is 31.4 Å². The smallest absolute Gasteiger partial charge is 0.251 e. The Balaban J connectivity index is 1.46. The fraction of sp³-hybridized carbons (Fsp3) is 0.300. The molecule has 25 heavy (non-hydrogen) atoms. The molecule has 2 aromatic rings. The van der Waals surface area contributed by atoms with Gasteiger partial charge in [-0.2, -0.15) is 0 Å². The van der Waals surface area contributed by atoms with E-state index in [1.165, 1.54) is 16.0 Å². The van der Waals surface area contributed by atoms with Crippen LogP contribution in [0.1, 0.15) is 17.5 Å². The molecule has 1 saturated heterocycles. The molecule has 4 rings (SSSR count). The van der Waals surface area contributed by atoms with Crippen molar-refractivity contribution in [2.75, 3.05) is 12.0 Å². The number of nitrogens with one attached hydrogen (secondary N) is 1. The summed E-state index contributed by atoms with van der Waals surface area (Å²) in [6.07, 6.45) is 2.01. The van der Waals surface area contributed by atoms with Crippen LogP contribution < -0.4 is 15.0 Å². The monoisotopic (exact) mass is 336 g/mol. The summed E-state index contributed by atoms with van der Waals surface area (Å²) in [5.74, 6) is 0.357. The van der Waals surface area contributed by atoms with Gasteiger partial charge in [-0.25, -0.2) is 4.90 Å². The molecular weight excluding hydrogens is 316 g/mol. The van der Waals surface area contributed by atoms with E-state index in [1.807, 2.05) is 12.1 Å². The van der Waals surface area contributed by atoms with Gasteiger partial charge in [0.1, 0.15) is 5.75 Å². The number of nitrogens with zero attached hydrogens (tertiary/aromatic N) is 1. The van der Waals surface area contributed by atoms with E-state index >= 15 is 0 Å². The number of hydrogen-bond donors (Lipinski definition) is 1. The van der Waals surface area contributed by atoms with E-state index in [0.29, 0.717) is 11.4 Å². The lowest BCUT2D eigenvalue weighted by Gasteiger charge is -2.18. The summed E-state index contributed by atoms with van der Waals surface area (Å²) in [6, 6.07) is 15.1. The molecule has 2 aliphatic rings. The highest BCUT2D eigenvalue weighted by molar-refractivity contribution is 6.22. The number of imide groups is 1. The van der Waals surface area contributed by atoms with Crippen LogP contribution in [0, 0.1) is 0 Å². The Morgan fingerprint density at radius 2 is 1.60 bits per heavy atom. The van der Waals surface area contributed by atoms with Crippen LogP contribution in [0.25, 0.3) is 0 Å². The number of carbonyl (C=O) groups excluding carboxylic acids is 2. The normalized spacial score (nSPS) is 20.2. The Bertz CT molecular complexity index is 791. The van der Waals surface area contributed by atoms with Gasteiger partial charge < -0.3 is 10.1 Å². The van der Waals surface area contributed by atoms with Gasteiger partial charge in [-0.15, -0.1) is 0 Å². The van der Waals surface area contributed by atoms with E-state index in [9.17, 15) is 9.59 Å². The van der Waals surface area contributed by atoms with Crippen molar-refractivity contribution in [2.24, 2.45) is 0 Å². The van der Waals surface area contributed by atoms with E-state index in [0.717, 1.165) is 12.8 Å². The summed E-state index contributed by atoms with van der Waals surface area (Å²) in [5, 5.41) is 3.39. The largest absolute Gasteiger partial charge is 0.497 e. The van der Waals surface area contributed by atoms with Gasteiger partial charge in [0.05, 0.1) is 25.3 Å². The molecule has 128 valence electrons. The number of fused-ring (bicyclic) bond motifs is 1. The highest BCUT2D eigenvalue weighted by atomic mass is 16.5. The Hall–Kier alpha value is -2.66. The summed E-state index contributed by atoms with van der Waals surface area (Å²) < 4.78 is 5.13. The zero-order chi connectivity index (χ0) is 17.4. The lowest BCUT2D eigenvalue weighted by Crippen LogP contribution is -2.44. The first kappa shape index (κ1) is 15.8. The minimum absolute atomic E-state index is 0.164. The second-order valence-electron chi connectivity index (χ2n) is 6.56. The predicted molar refractivity (Wildman–Crippen MR) is 94.7 cm³/mol. The summed E-state index contributed by atoms with van der Waals surface area (Å²) in [5.41, 5.74) is 3.24. The fourth-order valence-electron chi connectivity index (χ4n) is 3.73. The van der Waals surface area contributed by atoms with E-state index in [4.69, 9.17) is 4.74 Å². The summed E-state index contributed by atoms with van der Waals surface area (Å²) in [6.45, 7) is 0. The minimum atomic E-state index is -0.450. The van der Waals surface area contributed by atoms with Crippen molar-refractivity contribution in [3.63, 3.8) is 0 Å². The van der Waals surface area contributed by atoms with Crippen molar-refractivity contribution in [2.45, 2.75) is 31.3 Å². The molecule has 2 amide bonds. The minimum Gasteiger partial charge on any atom is -0.497 e. The van der Waals surface area contributed by atoms with Crippen molar-refractivity contribution in [1.29, 1.82) is 0 Å². The van der Waals surface area contributed by atoms with Crippen LogP contribution in [0.4, 0.5) is 5.69 Å². The van der Waals surface area contributed by atoms with Gasteiger partial charge in [-0.1, -0.05) is 24.3 Å². The number of hydrogen-bond acceptors (Lipinski definition) is 4. The molecule has 0 radical (unpaired) electrons. The number of ether oxygens (including phenoxy) is 1. The Kier molecular flexibility index (Phi) is 4.01. The first-order chi connectivity index (χ1) is 12.2. The second-order valence-corrected chi connectivity index (χ2v) is 6.56. The van der Waals surface area contributed by atoms with Gasteiger partial charge in [-0.3, -0.25) is 9.59 Å². The molecule has 1 aliphatic carbocycles. The molecule has 5 nitrogen and oxygen atoms in total. The van der Waals surface area contributed by atoms with Crippen molar-refractivity contribution in [3.05, 3.63) is 59.7 Å². The van der Waals surface area contributed by atoms with Gasteiger partial charge in [0.15, 0.2) is 0 Å². The molecular formula is C20H20N2O3. The maximum absolute atomic E-state index is 12.7. The Morgan fingerprint density at radius 1 is 0.960 bits per heavy atom. The fourth-order valence-corrected chi connectivity index (χ4v) is 3.73. The average molecular weight is 336 g/mol.